The molecule has 2 heterocycles. The molecule has 0 bridgehead atoms. The topological polar surface area (TPSA) is 75.9 Å². The van der Waals surface area contributed by atoms with Crippen LogP contribution in [0.4, 0.5) is 0 Å². The second-order valence-corrected chi connectivity index (χ2v) is 6.04. The molecule has 0 radical (unpaired) electrons. The molecule has 2 aliphatic rings. The Morgan fingerprint density at radius 2 is 1.94 bits per heavy atom. The maximum atomic E-state index is 12.3. The van der Waals surface area contributed by atoms with Gasteiger partial charge in [0.05, 0.1) is 13.2 Å². The first kappa shape index (κ1) is 12.3. The second-order valence-electron chi connectivity index (χ2n) is 4.16. The van der Waals surface area contributed by atoms with E-state index in [1.807, 2.05) is 0 Å². The zero-order valence-corrected chi connectivity index (χ0v) is 10.2. The highest BCUT2D eigenvalue weighted by atomic mass is 32.2. The quantitative estimate of drug-likeness (QED) is 0.695. The highest BCUT2D eigenvalue weighted by Gasteiger charge is 2.37. The normalized spacial score (nSPS) is 29.7. The molecule has 2 N–H and O–H groups in total. The number of ether oxygens (including phenoxy) is 1. The van der Waals surface area contributed by atoms with Gasteiger partial charge < -0.3 is 10.5 Å². The number of morpholine rings is 1. The lowest BCUT2D eigenvalue weighted by molar-refractivity contribution is 0.0699. The summed E-state index contributed by atoms with van der Waals surface area (Å²) in [5.74, 6) is 0. The first-order valence-electron chi connectivity index (χ1n) is 5.71. The van der Waals surface area contributed by atoms with Gasteiger partial charge >= 0.3 is 0 Å². The molecule has 2 rings (SSSR count). The molecule has 0 amide bonds. The minimum absolute atomic E-state index is 0.0205. The zero-order chi connectivity index (χ0) is 11.6. The summed E-state index contributed by atoms with van der Waals surface area (Å²) in [6.45, 7) is 2.89. The molecular formula is C9H19N3O3S. The molecule has 0 aromatic heterocycles. The maximum absolute atomic E-state index is 12.3. The summed E-state index contributed by atoms with van der Waals surface area (Å²) >= 11 is 0. The van der Waals surface area contributed by atoms with E-state index in [1.165, 1.54) is 4.31 Å². The van der Waals surface area contributed by atoms with Gasteiger partial charge in [-0.15, -0.1) is 0 Å². The Kier molecular flexibility index (Phi) is 3.81. The van der Waals surface area contributed by atoms with E-state index in [1.54, 1.807) is 4.31 Å². The van der Waals surface area contributed by atoms with Gasteiger partial charge in [0, 0.05) is 32.2 Å². The van der Waals surface area contributed by atoms with Crippen LogP contribution in [-0.2, 0) is 14.9 Å². The fraction of sp³-hybridized carbons (Fsp3) is 1.00. The lowest BCUT2D eigenvalue weighted by Gasteiger charge is -2.32. The smallest absolute Gasteiger partial charge is 0.282 e. The van der Waals surface area contributed by atoms with Gasteiger partial charge in [0.25, 0.3) is 10.2 Å². The van der Waals surface area contributed by atoms with Gasteiger partial charge in [-0.3, -0.25) is 0 Å². The van der Waals surface area contributed by atoms with Gasteiger partial charge in [0.2, 0.25) is 0 Å². The molecule has 1 unspecified atom stereocenters. The summed E-state index contributed by atoms with van der Waals surface area (Å²) in [5, 5.41) is 0. The van der Waals surface area contributed by atoms with E-state index in [4.69, 9.17) is 10.5 Å². The summed E-state index contributed by atoms with van der Waals surface area (Å²) in [7, 11) is -3.32. The Bertz CT molecular complexity index is 327. The third-order valence-corrected chi connectivity index (χ3v) is 5.28. The molecule has 0 aliphatic carbocycles. The van der Waals surface area contributed by atoms with Crippen molar-refractivity contribution in [1.29, 1.82) is 0 Å². The average Bonchev–Trinajstić information content (AvgIpc) is 2.79. The van der Waals surface area contributed by atoms with Crippen LogP contribution in [0, 0.1) is 0 Å². The van der Waals surface area contributed by atoms with Crippen LogP contribution in [0.5, 0.6) is 0 Å². The third kappa shape index (κ3) is 2.23. The van der Waals surface area contributed by atoms with Crippen molar-refractivity contribution < 1.29 is 13.2 Å². The highest BCUT2D eigenvalue weighted by Crippen LogP contribution is 2.22. The van der Waals surface area contributed by atoms with Gasteiger partial charge in [0.1, 0.15) is 0 Å². The Morgan fingerprint density at radius 3 is 2.56 bits per heavy atom. The average molecular weight is 249 g/mol. The summed E-state index contributed by atoms with van der Waals surface area (Å²) in [5.41, 5.74) is 5.60. The summed E-state index contributed by atoms with van der Waals surface area (Å²) < 4.78 is 32.8. The standard InChI is InChI=1S/C9H19N3O3S/c10-8-9-2-1-3-12(9)16(13,14)11-4-6-15-7-5-11/h9H,1-8,10H2. The lowest BCUT2D eigenvalue weighted by Crippen LogP contribution is -2.51. The molecule has 94 valence electrons. The fourth-order valence-electron chi connectivity index (χ4n) is 2.27. The molecule has 2 fully saturated rings. The molecule has 2 saturated heterocycles. The van der Waals surface area contributed by atoms with Crippen LogP contribution in [0.2, 0.25) is 0 Å². The molecule has 16 heavy (non-hydrogen) atoms. The number of rotatable bonds is 3. The van der Waals surface area contributed by atoms with Crippen molar-refractivity contribution in [2.75, 3.05) is 39.4 Å². The summed E-state index contributed by atoms with van der Waals surface area (Å²) in [6, 6.07) is -0.0205. The van der Waals surface area contributed by atoms with E-state index in [-0.39, 0.29) is 6.04 Å². The zero-order valence-electron chi connectivity index (χ0n) is 9.34. The van der Waals surface area contributed by atoms with E-state index in [0.717, 1.165) is 12.8 Å². The van der Waals surface area contributed by atoms with Crippen molar-refractivity contribution in [1.82, 2.24) is 8.61 Å². The molecule has 2 aliphatic heterocycles. The van der Waals surface area contributed by atoms with Crippen LogP contribution in [0.25, 0.3) is 0 Å². The number of hydrogen-bond donors (Lipinski definition) is 1. The van der Waals surface area contributed by atoms with Crippen molar-refractivity contribution in [2.45, 2.75) is 18.9 Å². The highest BCUT2D eigenvalue weighted by molar-refractivity contribution is 7.86. The SMILES string of the molecule is NCC1CCCN1S(=O)(=O)N1CCOCC1. The van der Waals surface area contributed by atoms with Crippen LogP contribution in [0.1, 0.15) is 12.8 Å². The summed E-state index contributed by atoms with van der Waals surface area (Å²) in [6.07, 6.45) is 1.78. The summed E-state index contributed by atoms with van der Waals surface area (Å²) in [4.78, 5) is 0. The largest absolute Gasteiger partial charge is 0.379 e. The number of nitrogens with two attached hydrogens (primary N) is 1. The molecule has 0 aromatic carbocycles. The Hall–Kier alpha value is -0.210. The molecular weight excluding hydrogens is 230 g/mol. The van der Waals surface area contributed by atoms with Gasteiger partial charge in [0.15, 0.2) is 0 Å². The molecule has 0 spiro atoms. The van der Waals surface area contributed by atoms with Crippen LogP contribution in [-0.4, -0.2) is 62.5 Å². The Morgan fingerprint density at radius 1 is 1.25 bits per heavy atom. The monoisotopic (exact) mass is 249 g/mol. The van der Waals surface area contributed by atoms with Crippen LogP contribution in [0.3, 0.4) is 0 Å². The van der Waals surface area contributed by atoms with E-state index >= 15 is 0 Å². The van der Waals surface area contributed by atoms with Crippen LogP contribution in [0.15, 0.2) is 0 Å². The van der Waals surface area contributed by atoms with Crippen molar-refractivity contribution in [2.24, 2.45) is 5.73 Å². The van der Waals surface area contributed by atoms with Crippen molar-refractivity contribution in [3.8, 4) is 0 Å². The lowest BCUT2D eigenvalue weighted by atomic mass is 10.2. The number of hydrogen-bond acceptors (Lipinski definition) is 4. The van der Waals surface area contributed by atoms with Crippen molar-refractivity contribution in [3.05, 3.63) is 0 Å². The molecule has 0 saturated carbocycles. The molecule has 0 aromatic rings. The number of nitrogens with zero attached hydrogens (tertiary/aromatic N) is 2. The molecule has 7 heteroatoms. The van der Waals surface area contributed by atoms with Crippen LogP contribution >= 0.6 is 0 Å². The van der Waals surface area contributed by atoms with E-state index in [9.17, 15) is 8.42 Å². The maximum Gasteiger partial charge on any atom is 0.282 e. The van der Waals surface area contributed by atoms with Gasteiger partial charge in [-0.05, 0) is 12.8 Å². The van der Waals surface area contributed by atoms with E-state index in [0.29, 0.717) is 39.4 Å². The van der Waals surface area contributed by atoms with Gasteiger partial charge in [-0.1, -0.05) is 0 Å². The first-order valence-corrected chi connectivity index (χ1v) is 7.10. The Balaban J connectivity index is 2.11. The molecule has 6 nitrogen and oxygen atoms in total. The van der Waals surface area contributed by atoms with E-state index < -0.39 is 10.2 Å². The first-order chi connectivity index (χ1) is 7.66. The fourth-order valence-corrected chi connectivity index (χ4v) is 4.11. The van der Waals surface area contributed by atoms with Crippen molar-refractivity contribution in [3.63, 3.8) is 0 Å². The van der Waals surface area contributed by atoms with Crippen LogP contribution < -0.4 is 5.73 Å². The predicted molar refractivity (Wildman–Crippen MR) is 60.1 cm³/mol. The minimum atomic E-state index is -3.32. The minimum Gasteiger partial charge on any atom is -0.379 e. The van der Waals surface area contributed by atoms with Gasteiger partial charge in [-0.25, -0.2) is 0 Å². The van der Waals surface area contributed by atoms with Gasteiger partial charge in [-0.2, -0.15) is 17.0 Å². The predicted octanol–water partition coefficient (Wildman–Crippen LogP) is -1.01. The van der Waals surface area contributed by atoms with E-state index in [2.05, 4.69) is 0 Å². The second kappa shape index (κ2) is 4.97. The third-order valence-electron chi connectivity index (χ3n) is 3.19. The van der Waals surface area contributed by atoms with Crippen molar-refractivity contribution >= 4 is 10.2 Å². The Labute approximate surface area is 96.5 Å². The molecule has 1 atom stereocenters.